The normalized spacial score (nSPS) is 13.6. The van der Waals surface area contributed by atoms with Crippen LogP contribution < -0.4 is 10.7 Å². The maximum Gasteiger partial charge on any atom is 0.254 e. The van der Waals surface area contributed by atoms with E-state index < -0.39 is 0 Å². The molecule has 1 aliphatic heterocycles. The molecular weight excluding hydrogens is 380 g/mol. The molecule has 2 amide bonds. The Morgan fingerprint density at radius 3 is 2.63 bits per heavy atom. The minimum absolute atomic E-state index is 0.0185. The molecule has 0 aliphatic carbocycles. The van der Waals surface area contributed by atoms with Gasteiger partial charge in [-0.2, -0.15) is 5.10 Å². The van der Waals surface area contributed by atoms with Gasteiger partial charge in [0.05, 0.1) is 18.3 Å². The van der Waals surface area contributed by atoms with E-state index in [9.17, 15) is 14.4 Å². The molecule has 3 aromatic rings. The highest BCUT2D eigenvalue weighted by atomic mass is 16.2. The van der Waals surface area contributed by atoms with E-state index in [1.54, 1.807) is 28.9 Å². The van der Waals surface area contributed by atoms with Crippen LogP contribution in [0, 0.1) is 6.92 Å². The van der Waals surface area contributed by atoms with E-state index in [0.717, 1.165) is 31.5 Å². The molecule has 30 heavy (non-hydrogen) atoms. The number of rotatable bonds is 5. The van der Waals surface area contributed by atoms with Crippen LogP contribution in [0.4, 0.5) is 5.69 Å². The summed E-state index contributed by atoms with van der Waals surface area (Å²) >= 11 is 0. The van der Waals surface area contributed by atoms with Crippen LogP contribution in [-0.4, -0.2) is 39.6 Å². The van der Waals surface area contributed by atoms with Crippen LogP contribution in [-0.2, 0) is 11.3 Å². The van der Waals surface area contributed by atoms with Crippen molar-refractivity contribution < 1.29 is 9.59 Å². The SMILES string of the molecule is Cc1c(NC(=O)CCn2ncc(=O)c3ccccc32)cccc1C(=O)N1CCCC1. The quantitative estimate of drug-likeness (QED) is 0.709. The van der Waals surface area contributed by atoms with Crippen LogP contribution in [0.2, 0.25) is 0 Å². The van der Waals surface area contributed by atoms with Crippen molar-refractivity contribution in [1.29, 1.82) is 0 Å². The van der Waals surface area contributed by atoms with Gasteiger partial charge in [0.15, 0.2) is 0 Å². The Morgan fingerprint density at radius 2 is 1.83 bits per heavy atom. The van der Waals surface area contributed by atoms with Crippen molar-refractivity contribution in [3.8, 4) is 0 Å². The molecule has 1 fully saturated rings. The minimum atomic E-state index is -0.173. The summed E-state index contributed by atoms with van der Waals surface area (Å²) in [4.78, 5) is 39.1. The van der Waals surface area contributed by atoms with Crippen LogP contribution in [0.5, 0.6) is 0 Å². The lowest BCUT2D eigenvalue weighted by Crippen LogP contribution is -2.28. The summed E-state index contributed by atoms with van der Waals surface area (Å²) in [6, 6.07) is 12.6. The maximum absolute atomic E-state index is 12.7. The van der Waals surface area contributed by atoms with E-state index in [1.807, 2.05) is 30.0 Å². The number of anilines is 1. The third kappa shape index (κ3) is 3.96. The van der Waals surface area contributed by atoms with Gasteiger partial charge in [-0.3, -0.25) is 19.1 Å². The highest BCUT2D eigenvalue weighted by molar-refractivity contribution is 5.99. The first kappa shape index (κ1) is 19.8. The molecule has 0 radical (unpaired) electrons. The van der Waals surface area contributed by atoms with E-state index in [4.69, 9.17) is 0 Å². The largest absolute Gasteiger partial charge is 0.339 e. The number of nitrogens with zero attached hydrogens (tertiary/aromatic N) is 3. The molecule has 7 nitrogen and oxygen atoms in total. The topological polar surface area (TPSA) is 84.3 Å². The van der Waals surface area contributed by atoms with Gasteiger partial charge in [-0.25, -0.2) is 0 Å². The van der Waals surface area contributed by atoms with Crippen LogP contribution in [0.3, 0.4) is 0 Å². The monoisotopic (exact) mass is 404 g/mol. The zero-order valence-corrected chi connectivity index (χ0v) is 16.9. The van der Waals surface area contributed by atoms with Crippen LogP contribution >= 0.6 is 0 Å². The number of hydrogen-bond acceptors (Lipinski definition) is 4. The Hall–Kier alpha value is -3.48. The fourth-order valence-electron chi connectivity index (χ4n) is 3.85. The van der Waals surface area contributed by atoms with E-state index in [2.05, 4.69) is 10.4 Å². The van der Waals surface area contributed by atoms with Crippen molar-refractivity contribution in [3.05, 3.63) is 70.0 Å². The Labute approximate surface area is 174 Å². The Bertz CT molecular complexity index is 1160. The zero-order valence-electron chi connectivity index (χ0n) is 16.9. The second-order valence-corrected chi connectivity index (χ2v) is 7.52. The number of benzene rings is 2. The van der Waals surface area contributed by atoms with Crippen LogP contribution in [0.15, 0.2) is 53.5 Å². The van der Waals surface area contributed by atoms with Gasteiger partial charge in [-0.1, -0.05) is 18.2 Å². The minimum Gasteiger partial charge on any atom is -0.339 e. The summed E-state index contributed by atoms with van der Waals surface area (Å²) in [5.74, 6) is -0.154. The average Bonchev–Trinajstić information content (AvgIpc) is 3.29. The average molecular weight is 404 g/mol. The second kappa shape index (κ2) is 8.49. The molecule has 0 atom stereocenters. The first-order valence-corrected chi connectivity index (χ1v) is 10.2. The molecular formula is C23H24N4O3. The van der Waals surface area contributed by atoms with Gasteiger partial charge in [0.25, 0.3) is 5.91 Å². The summed E-state index contributed by atoms with van der Waals surface area (Å²) in [5.41, 5.74) is 2.61. The molecule has 1 aliphatic rings. The number of carbonyl (C=O) groups is 2. The molecule has 7 heteroatoms. The Kier molecular flexibility index (Phi) is 5.61. The summed E-state index contributed by atoms with van der Waals surface area (Å²) in [6.45, 7) is 3.78. The van der Waals surface area contributed by atoms with Gasteiger partial charge in [0.2, 0.25) is 11.3 Å². The fourth-order valence-corrected chi connectivity index (χ4v) is 3.85. The van der Waals surface area contributed by atoms with Crippen molar-refractivity contribution in [2.45, 2.75) is 32.7 Å². The molecule has 0 unspecified atom stereocenters. The number of amides is 2. The molecule has 1 saturated heterocycles. The van der Waals surface area contributed by atoms with E-state index in [0.29, 0.717) is 28.7 Å². The molecule has 0 bridgehead atoms. The highest BCUT2D eigenvalue weighted by Crippen LogP contribution is 2.22. The number of nitrogens with one attached hydrogen (secondary N) is 1. The number of carbonyl (C=O) groups excluding carboxylic acids is 2. The highest BCUT2D eigenvalue weighted by Gasteiger charge is 2.22. The van der Waals surface area contributed by atoms with Crippen LogP contribution in [0.1, 0.15) is 35.2 Å². The van der Waals surface area contributed by atoms with Gasteiger partial charge < -0.3 is 10.2 Å². The summed E-state index contributed by atoms with van der Waals surface area (Å²) in [5, 5.41) is 7.65. The molecule has 0 spiro atoms. The molecule has 2 aromatic carbocycles. The van der Waals surface area contributed by atoms with E-state index in [-0.39, 0.29) is 23.7 Å². The Balaban J connectivity index is 1.46. The standard InChI is InChI=1S/C23H24N4O3/c1-16-17(23(30)26-12-4-5-13-26)8-6-9-19(16)25-22(29)11-14-27-20-10-3-2-7-18(20)21(28)15-24-27/h2-3,6-10,15H,4-5,11-14H2,1H3,(H,25,29). The first-order chi connectivity index (χ1) is 14.5. The molecule has 4 rings (SSSR count). The number of para-hydroxylation sites is 1. The van der Waals surface area contributed by atoms with Crippen molar-refractivity contribution in [2.24, 2.45) is 0 Å². The number of likely N-dealkylation sites (tertiary alicyclic amines) is 1. The maximum atomic E-state index is 12.7. The predicted octanol–water partition coefficient (Wildman–Crippen LogP) is 2.97. The number of hydrogen-bond donors (Lipinski definition) is 1. The van der Waals surface area contributed by atoms with Crippen molar-refractivity contribution in [3.63, 3.8) is 0 Å². The summed E-state index contributed by atoms with van der Waals surface area (Å²) in [7, 11) is 0. The molecule has 1 N–H and O–H groups in total. The first-order valence-electron chi connectivity index (χ1n) is 10.2. The van der Waals surface area contributed by atoms with E-state index >= 15 is 0 Å². The lowest BCUT2D eigenvalue weighted by atomic mass is 10.1. The molecule has 1 aromatic heterocycles. The van der Waals surface area contributed by atoms with Gasteiger partial charge in [0, 0.05) is 36.1 Å². The molecule has 2 heterocycles. The van der Waals surface area contributed by atoms with Gasteiger partial charge in [-0.15, -0.1) is 0 Å². The summed E-state index contributed by atoms with van der Waals surface area (Å²) in [6.07, 6.45) is 3.55. The third-order valence-electron chi connectivity index (χ3n) is 5.54. The lowest BCUT2D eigenvalue weighted by Gasteiger charge is -2.18. The number of aryl methyl sites for hydroxylation is 1. The van der Waals surface area contributed by atoms with Gasteiger partial charge in [-0.05, 0) is 49.6 Å². The third-order valence-corrected chi connectivity index (χ3v) is 5.54. The van der Waals surface area contributed by atoms with Crippen LogP contribution in [0.25, 0.3) is 10.9 Å². The number of fused-ring (bicyclic) bond motifs is 1. The predicted molar refractivity (Wildman–Crippen MR) is 116 cm³/mol. The zero-order chi connectivity index (χ0) is 21.1. The number of aromatic nitrogens is 2. The molecule has 154 valence electrons. The van der Waals surface area contributed by atoms with E-state index in [1.165, 1.54) is 6.20 Å². The fraction of sp³-hybridized carbons (Fsp3) is 0.304. The van der Waals surface area contributed by atoms with Gasteiger partial charge in [0.1, 0.15) is 0 Å². The van der Waals surface area contributed by atoms with Crippen molar-refractivity contribution in [1.82, 2.24) is 14.7 Å². The molecule has 0 saturated carbocycles. The van der Waals surface area contributed by atoms with Crippen molar-refractivity contribution >= 4 is 28.4 Å². The van der Waals surface area contributed by atoms with Gasteiger partial charge >= 0.3 is 0 Å². The lowest BCUT2D eigenvalue weighted by molar-refractivity contribution is -0.116. The Morgan fingerprint density at radius 1 is 1.07 bits per heavy atom. The van der Waals surface area contributed by atoms with Crippen molar-refractivity contribution in [2.75, 3.05) is 18.4 Å². The smallest absolute Gasteiger partial charge is 0.254 e. The summed E-state index contributed by atoms with van der Waals surface area (Å²) < 4.78 is 1.66. The second-order valence-electron chi connectivity index (χ2n) is 7.52.